The van der Waals surface area contributed by atoms with Gasteiger partial charge in [-0.1, -0.05) is 0 Å². The third-order valence-electron chi connectivity index (χ3n) is 4.32. The molecule has 0 unspecified atom stereocenters. The van der Waals surface area contributed by atoms with Crippen LogP contribution in [-0.4, -0.2) is 29.2 Å². The quantitative estimate of drug-likeness (QED) is 0.352. The van der Waals surface area contributed by atoms with Gasteiger partial charge in [-0.3, -0.25) is 0 Å². The molecule has 0 saturated carbocycles. The standard InChI is InChI=1S/C19H32OSiTe/c1-7-8-15-22-16-14-18(17-12-10-9-11-13-17)20-21(5,6)19(2,3)4/h9-14,16,18H,7-8,15H2,1-6H3/b16-14-/t18-/m1/s1. The summed E-state index contributed by atoms with van der Waals surface area (Å²) >= 11 is -0.00102. The van der Waals surface area contributed by atoms with Gasteiger partial charge in [-0.25, -0.2) is 0 Å². The van der Waals surface area contributed by atoms with Gasteiger partial charge in [0.2, 0.25) is 0 Å². The fourth-order valence-electron chi connectivity index (χ4n) is 1.78. The molecule has 0 spiro atoms. The Hall–Kier alpha value is -0.0735. The van der Waals surface area contributed by atoms with Gasteiger partial charge in [0.1, 0.15) is 0 Å². The average Bonchev–Trinajstić information content (AvgIpc) is 2.45. The van der Waals surface area contributed by atoms with Gasteiger partial charge in [-0.05, 0) is 0 Å². The topological polar surface area (TPSA) is 9.23 Å². The van der Waals surface area contributed by atoms with E-state index in [1.807, 2.05) is 0 Å². The molecule has 124 valence electrons. The molecule has 0 fully saturated rings. The summed E-state index contributed by atoms with van der Waals surface area (Å²) in [6, 6.07) is 10.7. The van der Waals surface area contributed by atoms with E-state index < -0.39 is 8.32 Å². The molecule has 0 aromatic heterocycles. The Labute approximate surface area is 148 Å². The Bertz CT molecular complexity index is 448. The van der Waals surface area contributed by atoms with Gasteiger partial charge in [0, 0.05) is 0 Å². The van der Waals surface area contributed by atoms with E-state index in [0.29, 0.717) is 0 Å². The fraction of sp³-hybridized carbons (Fsp3) is 0.579. The number of hydrogen-bond acceptors (Lipinski definition) is 1. The van der Waals surface area contributed by atoms with Crippen LogP contribution in [0.1, 0.15) is 52.2 Å². The Morgan fingerprint density at radius 3 is 2.36 bits per heavy atom. The first-order valence-corrected chi connectivity index (χ1v) is 14.2. The van der Waals surface area contributed by atoms with Crippen LogP contribution in [0, 0.1) is 0 Å². The molecule has 0 radical (unpaired) electrons. The molecule has 1 aromatic carbocycles. The van der Waals surface area contributed by atoms with Crippen molar-refractivity contribution in [3.8, 4) is 0 Å². The minimum absolute atomic E-state index is 0.00102. The van der Waals surface area contributed by atoms with Gasteiger partial charge in [0.15, 0.2) is 0 Å². The van der Waals surface area contributed by atoms with E-state index in [9.17, 15) is 0 Å². The molecular formula is C19H32OSiTe. The van der Waals surface area contributed by atoms with Crippen LogP contribution in [0.4, 0.5) is 0 Å². The van der Waals surface area contributed by atoms with Crippen molar-refractivity contribution in [1.82, 2.24) is 0 Å². The summed E-state index contributed by atoms with van der Waals surface area (Å²) < 4.78 is 10.5. The van der Waals surface area contributed by atoms with E-state index in [2.05, 4.69) is 81.3 Å². The molecule has 0 aliphatic carbocycles. The zero-order valence-corrected chi connectivity index (χ0v) is 18.4. The van der Waals surface area contributed by atoms with Crippen molar-refractivity contribution < 1.29 is 4.43 Å². The molecule has 0 amide bonds. The van der Waals surface area contributed by atoms with Crippen LogP contribution in [0.15, 0.2) is 40.5 Å². The van der Waals surface area contributed by atoms with Crippen LogP contribution in [0.25, 0.3) is 0 Å². The van der Waals surface area contributed by atoms with Crippen molar-refractivity contribution >= 4 is 29.2 Å². The van der Waals surface area contributed by atoms with E-state index in [1.54, 1.807) is 0 Å². The Morgan fingerprint density at radius 1 is 1.18 bits per heavy atom. The van der Waals surface area contributed by atoms with Crippen LogP contribution >= 0.6 is 0 Å². The van der Waals surface area contributed by atoms with Gasteiger partial charge in [0.05, 0.1) is 0 Å². The molecule has 0 N–H and O–H groups in total. The van der Waals surface area contributed by atoms with Crippen LogP contribution in [0.3, 0.4) is 0 Å². The molecule has 0 aliphatic heterocycles. The second kappa shape index (κ2) is 9.28. The van der Waals surface area contributed by atoms with Crippen LogP contribution in [-0.2, 0) is 4.43 Å². The van der Waals surface area contributed by atoms with Gasteiger partial charge >= 0.3 is 149 Å². The Kier molecular flexibility index (Phi) is 8.42. The fourth-order valence-corrected chi connectivity index (χ4v) is 5.39. The van der Waals surface area contributed by atoms with E-state index in [0.717, 1.165) is 0 Å². The van der Waals surface area contributed by atoms with E-state index in [-0.39, 0.29) is 32.1 Å². The van der Waals surface area contributed by atoms with Crippen molar-refractivity contribution in [3.05, 3.63) is 46.1 Å². The summed E-state index contributed by atoms with van der Waals surface area (Å²) in [5, 5.41) is 0.243. The molecule has 0 heterocycles. The molecule has 1 rings (SSSR count). The SMILES string of the molecule is CCCC[Te]/C=C\[C@@H](O[Si](C)(C)C(C)(C)C)c1ccccc1. The molecular weight excluding hydrogens is 400 g/mol. The number of benzene rings is 1. The van der Waals surface area contributed by atoms with Gasteiger partial charge in [-0.15, -0.1) is 0 Å². The van der Waals surface area contributed by atoms with Crippen LogP contribution < -0.4 is 0 Å². The first kappa shape index (κ1) is 20.0. The molecule has 1 nitrogen and oxygen atoms in total. The molecule has 1 atom stereocenters. The minimum atomic E-state index is -1.76. The third-order valence-corrected chi connectivity index (χ3v) is 11.3. The zero-order chi connectivity index (χ0) is 16.6. The number of hydrogen-bond donors (Lipinski definition) is 0. The molecule has 0 saturated heterocycles. The summed E-state index contributed by atoms with van der Waals surface area (Å²) in [6.45, 7) is 13.9. The van der Waals surface area contributed by atoms with E-state index in [1.165, 1.54) is 22.9 Å². The predicted molar refractivity (Wildman–Crippen MR) is 102 cm³/mol. The van der Waals surface area contributed by atoms with Gasteiger partial charge in [0.25, 0.3) is 0 Å². The Morgan fingerprint density at radius 2 is 1.82 bits per heavy atom. The first-order chi connectivity index (χ1) is 10.3. The monoisotopic (exact) mass is 434 g/mol. The average molecular weight is 432 g/mol. The molecule has 3 heteroatoms. The summed E-state index contributed by atoms with van der Waals surface area (Å²) in [5.74, 6) is 0. The van der Waals surface area contributed by atoms with Crippen molar-refractivity contribution in [2.24, 2.45) is 0 Å². The normalized spacial score (nSPS) is 14.5. The molecule has 0 bridgehead atoms. The zero-order valence-electron chi connectivity index (χ0n) is 15.1. The van der Waals surface area contributed by atoms with Gasteiger partial charge in [-0.2, -0.15) is 0 Å². The summed E-state index contributed by atoms with van der Waals surface area (Å²) in [5.41, 5.74) is 1.28. The van der Waals surface area contributed by atoms with Crippen molar-refractivity contribution in [2.45, 2.75) is 69.2 Å². The number of unbranched alkanes of at least 4 members (excludes halogenated alkanes) is 1. The van der Waals surface area contributed by atoms with Gasteiger partial charge < -0.3 is 0 Å². The van der Waals surface area contributed by atoms with E-state index >= 15 is 0 Å². The maximum atomic E-state index is 6.67. The summed E-state index contributed by atoms with van der Waals surface area (Å²) in [6.07, 6.45) is 5.12. The molecule has 22 heavy (non-hydrogen) atoms. The van der Waals surface area contributed by atoms with E-state index in [4.69, 9.17) is 4.43 Å². The summed E-state index contributed by atoms with van der Waals surface area (Å²) in [7, 11) is -1.76. The summed E-state index contributed by atoms with van der Waals surface area (Å²) in [4.78, 5) is 0. The third kappa shape index (κ3) is 6.58. The van der Waals surface area contributed by atoms with Crippen LogP contribution in [0.5, 0.6) is 0 Å². The molecule has 0 aliphatic rings. The maximum absolute atomic E-state index is 6.67. The van der Waals surface area contributed by atoms with Crippen molar-refractivity contribution in [1.29, 1.82) is 0 Å². The van der Waals surface area contributed by atoms with Crippen molar-refractivity contribution in [2.75, 3.05) is 0 Å². The van der Waals surface area contributed by atoms with Crippen LogP contribution in [0.2, 0.25) is 22.6 Å². The number of rotatable bonds is 8. The first-order valence-electron chi connectivity index (χ1n) is 8.29. The van der Waals surface area contributed by atoms with Crippen molar-refractivity contribution in [3.63, 3.8) is 0 Å². The Balaban J connectivity index is 2.84. The molecule has 1 aromatic rings. The predicted octanol–water partition coefficient (Wildman–Crippen LogP) is 6.19. The second-order valence-electron chi connectivity index (χ2n) is 7.26. The second-order valence-corrected chi connectivity index (χ2v) is 14.9.